The predicted octanol–water partition coefficient (Wildman–Crippen LogP) is 4.24. The normalized spacial score (nSPS) is 16.4. The molecule has 1 aromatic heterocycles. The zero-order valence-electron chi connectivity index (χ0n) is 11.6. The first kappa shape index (κ1) is 13.2. The summed E-state index contributed by atoms with van der Waals surface area (Å²) in [5.74, 6) is -0.0656. The number of ether oxygens (including phenoxy) is 1. The summed E-state index contributed by atoms with van der Waals surface area (Å²) >= 11 is 0. The Morgan fingerprint density at radius 1 is 1.20 bits per heavy atom. The number of rotatable bonds is 4. The van der Waals surface area contributed by atoms with Gasteiger partial charge >= 0.3 is 5.97 Å². The number of hydrogen-bond acceptors (Lipinski definition) is 3. The Morgan fingerprint density at radius 2 is 2.05 bits per heavy atom. The molecule has 0 bridgehead atoms. The molecule has 1 saturated carbocycles. The van der Waals surface area contributed by atoms with Crippen molar-refractivity contribution in [2.75, 3.05) is 0 Å². The SMILES string of the molecule is O=C(CCc1ccc2occc2c1)OC1CCCCC1. The summed E-state index contributed by atoms with van der Waals surface area (Å²) in [5, 5.41) is 1.09. The molecule has 106 valence electrons. The van der Waals surface area contributed by atoms with E-state index in [1.165, 1.54) is 19.3 Å². The van der Waals surface area contributed by atoms with Crippen molar-refractivity contribution in [3.63, 3.8) is 0 Å². The molecule has 0 N–H and O–H groups in total. The van der Waals surface area contributed by atoms with Crippen molar-refractivity contribution < 1.29 is 13.9 Å². The Kier molecular flexibility index (Phi) is 4.05. The van der Waals surface area contributed by atoms with Crippen molar-refractivity contribution in [3.8, 4) is 0 Å². The first-order valence-corrected chi connectivity index (χ1v) is 7.47. The second-order valence-electron chi connectivity index (χ2n) is 5.54. The number of fused-ring (bicyclic) bond motifs is 1. The second kappa shape index (κ2) is 6.12. The monoisotopic (exact) mass is 272 g/mol. The Balaban J connectivity index is 1.51. The number of furan rings is 1. The van der Waals surface area contributed by atoms with E-state index in [1.54, 1.807) is 6.26 Å². The second-order valence-corrected chi connectivity index (χ2v) is 5.54. The first-order chi connectivity index (χ1) is 9.81. The molecule has 0 radical (unpaired) electrons. The van der Waals surface area contributed by atoms with Gasteiger partial charge in [-0.15, -0.1) is 0 Å². The van der Waals surface area contributed by atoms with Gasteiger partial charge in [-0.1, -0.05) is 12.5 Å². The molecule has 0 spiro atoms. The molecular weight excluding hydrogens is 252 g/mol. The van der Waals surface area contributed by atoms with Crippen molar-refractivity contribution in [1.29, 1.82) is 0 Å². The number of hydrogen-bond donors (Lipinski definition) is 0. The summed E-state index contributed by atoms with van der Waals surface area (Å²) in [6.07, 6.45) is 8.76. The minimum atomic E-state index is -0.0656. The summed E-state index contributed by atoms with van der Waals surface area (Å²) in [5.41, 5.74) is 2.04. The third kappa shape index (κ3) is 3.21. The van der Waals surface area contributed by atoms with Gasteiger partial charge in [-0.3, -0.25) is 4.79 Å². The Morgan fingerprint density at radius 3 is 2.90 bits per heavy atom. The van der Waals surface area contributed by atoms with Gasteiger partial charge in [0.25, 0.3) is 0 Å². The van der Waals surface area contributed by atoms with Crippen LogP contribution in [-0.2, 0) is 16.0 Å². The van der Waals surface area contributed by atoms with Crippen molar-refractivity contribution in [1.82, 2.24) is 0 Å². The quantitative estimate of drug-likeness (QED) is 0.781. The Hall–Kier alpha value is -1.77. The van der Waals surface area contributed by atoms with Gasteiger partial charge in [0, 0.05) is 11.8 Å². The van der Waals surface area contributed by atoms with Gasteiger partial charge < -0.3 is 9.15 Å². The molecule has 1 aliphatic rings. The van der Waals surface area contributed by atoms with Crippen LogP contribution in [0.5, 0.6) is 0 Å². The van der Waals surface area contributed by atoms with E-state index in [4.69, 9.17) is 9.15 Å². The van der Waals surface area contributed by atoms with Gasteiger partial charge in [0.2, 0.25) is 0 Å². The fraction of sp³-hybridized carbons (Fsp3) is 0.471. The number of esters is 1. The van der Waals surface area contributed by atoms with Crippen molar-refractivity contribution in [2.45, 2.75) is 51.0 Å². The summed E-state index contributed by atoms with van der Waals surface area (Å²) in [6, 6.07) is 7.99. The average molecular weight is 272 g/mol. The van der Waals surface area contributed by atoms with Crippen LogP contribution in [0.15, 0.2) is 34.9 Å². The topological polar surface area (TPSA) is 39.4 Å². The van der Waals surface area contributed by atoms with Gasteiger partial charge in [-0.25, -0.2) is 0 Å². The maximum Gasteiger partial charge on any atom is 0.306 e. The van der Waals surface area contributed by atoms with E-state index in [9.17, 15) is 4.79 Å². The molecule has 3 rings (SSSR count). The van der Waals surface area contributed by atoms with Crippen LogP contribution in [0, 0.1) is 0 Å². The van der Waals surface area contributed by atoms with Crippen LogP contribution in [0.4, 0.5) is 0 Å². The summed E-state index contributed by atoms with van der Waals surface area (Å²) in [7, 11) is 0. The lowest BCUT2D eigenvalue weighted by molar-refractivity contribution is -0.150. The van der Waals surface area contributed by atoms with E-state index >= 15 is 0 Å². The van der Waals surface area contributed by atoms with Crippen molar-refractivity contribution in [3.05, 3.63) is 36.1 Å². The highest BCUT2D eigenvalue weighted by Gasteiger charge is 2.17. The molecule has 1 fully saturated rings. The van der Waals surface area contributed by atoms with Gasteiger partial charge in [0.15, 0.2) is 0 Å². The molecule has 1 heterocycles. The van der Waals surface area contributed by atoms with E-state index in [0.717, 1.165) is 35.8 Å². The van der Waals surface area contributed by atoms with Gasteiger partial charge in [0.1, 0.15) is 11.7 Å². The van der Waals surface area contributed by atoms with Crippen molar-refractivity contribution >= 4 is 16.9 Å². The van der Waals surface area contributed by atoms with E-state index in [0.29, 0.717) is 6.42 Å². The molecule has 0 amide bonds. The summed E-state index contributed by atoms with van der Waals surface area (Å²) in [6.45, 7) is 0. The molecule has 1 aliphatic carbocycles. The van der Waals surface area contributed by atoms with Crippen LogP contribution in [0.1, 0.15) is 44.1 Å². The molecule has 1 aromatic carbocycles. The molecular formula is C17H20O3. The van der Waals surface area contributed by atoms with Crippen LogP contribution in [0.3, 0.4) is 0 Å². The van der Waals surface area contributed by atoms with Gasteiger partial charge in [-0.05, 0) is 55.9 Å². The van der Waals surface area contributed by atoms with Gasteiger partial charge in [0.05, 0.1) is 6.26 Å². The standard InChI is InChI=1S/C17H20O3/c18-17(20-15-4-2-1-3-5-15)9-7-13-6-8-16-14(12-13)10-11-19-16/h6,8,10-12,15H,1-5,7,9H2. The highest BCUT2D eigenvalue weighted by molar-refractivity contribution is 5.78. The third-order valence-electron chi connectivity index (χ3n) is 3.98. The first-order valence-electron chi connectivity index (χ1n) is 7.47. The minimum Gasteiger partial charge on any atom is -0.464 e. The molecule has 3 nitrogen and oxygen atoms in total. The third-order valence-corrected chi connectivity index (χ3v) is 3.98. The zero-order valence-corrected chi connectivity index (χ0v) is 11.6. The van der Waals surface area contributed by atoms with Crippen LogP contribution in [-0.4, -0.2) is 12.1 Å². The molecule has 0 aliphatic heterocycles. The Labute approximate surface area is 118 Å². The van der Waals surface area contributed by atoms with Crippen LogP contribution < -0.4 is 0 Å². The lowest BCUT2D eigenvalue weighted by Gasteiger charge is -2.21. The molecule has 20 heavy (non-hydrogen) atoms. The van der Waals surface area contributed by atoms with E-state index in [-0.39, 0.29) is 12.1 Å². The molecule has 0 atom stereocenters. The predicted molar refractivity (Wildman–Crippen MR) is 77.5 cm³/mol. The summed E-state index contributed by atoms with van der Waals surface area (Å²) in [4.78, 5) is 11.9. The minimum absolute atomic E-state index is 0.0656. The molecule has 2 aromatic rings. The molecule has 0 unspecified atom stereocenters. The number of carbonyl (C=O) groups is 1. The lowest BCUT2D eigenvalue weighted by atomic mass is 9.98. The maximum absolute atomic E-state index is 11.9. The van der Waals surface area contributed by atoms with E-state index in [2.05, 4.69) is 6.07 Å². The average Bonchev–Trinajstić information content (AvgIpc) is 2.93. The lowest BCUT2D eigenvalue weighted by Crippen LogP contribution is -2.21. The van der Waals surface area contributed by atoms with Crippen LogP contribution in [0.2, 0.25) is 0 Å². The van der Waals surface area contributed by atoms with Gasteiger partial charge in [-0.2, -0.15) is 0 Å². The fourth-order valence-corrected chi connectivity index (χ4v) is 2.85. The number of aryl methyl sites for hydroxylation is 1. The zero-order chi connectivity index (χ0) is 13.8. The van der Waals surface area contributed by atoms with Crippen molar-refractivity contribution in [2.24, 2.45) is 0 Å². The number of benzene rings is 1. The van der Waals surface area contributed by atoms with E-state index in [1.807, 2.05) is 18.2 Å². The molecule has 0 saturated heterocycles. The summed E-state index contributed by atoms with van der Waals surface area (Å²) < 4.78 is 10.8. The number of carbonyl (C=O) groups excluding carboxylic acids is 1. The smallest absolute Gasteiger partial charge is 0.306 e. The van der Waals surface area contributed by atoms with Crippen LogP contribution in [0.25, 0.3) is 11.0 Å². The van der Waals surface area contributed by atoms with E-state index < -0.39 is 0 Å². The Bertz CT molecular complexity index is 579. The molecule has 3 heteroatoms. The largest absolute Gasteiger partial charge is 0.464 e. The highest BCUT2D eigenvalue weighted by atomic mass is 16.5. The highest BCUT2D eigenvalue weighted by Crippen LogP contribution is 2.21. The fourth-order valence-electron chi connectivity index (χ4n) is 2.85. The maximum atomic E-state index is 11.9. The van der Waals surface area contributed by atoms with Crippen LogP contribution >= 0.6 is 0 Å².